The van der Waals surface area contributed by atoms with Gasteiger partial charge in [0.05, 0.1) is 35.6 Å². The third-order valence-electron chi connectivity index (χ3n) is 5.63. The largest absolute Gasteiger partial charge is 0.467 e. The second kappa shape index (κ2) is 9.68. The van der Waals surface area contributed by atoms with Crippen LogP contribution in [0.15, 0.2) is 65.4 Å². The summed E-state index contributed by atoms with van der Waals surface area (Å²) in [6, 6.07) is 15.1. The summed E-state index contributed by atoms with van der Waals surface area (Å²) >= 11 is 0. The van der Waals surface area contributed by atoms with Crippen LogP contribution in [0.1, 0.15) is 30.0 Å². The van der Waals surface area contributed by atoms with E-state index in [0.29, 0.717) is 41.9 Å². The minimum Gasteiger partial charge on any atom is -0.467 e. The molecule has 33 heavy (non-hydrogen) atoms. The number of hydrogen-bond acceptors (Lipinski definition) is 5. The lowest BCUT2D eigenvalue weighted by Crippen LogP contribution is -2.41. The molecule has 0 radical (unpaired) electrons. The lowest BCUT2D eigenvalue weighted by Gasteiger charge is -2.23. The van der Waals surface area contributed by atoms with E-state index in [1.54, 1.807) is 35.2 Å². The minimum absolute atomic E-state index is 0.00549. The molecule has 1 aromatic carbocycles. The quantitative estimate of drug-likeness (QED) is 0.413. The van der Waals surface area contributed by atoms with Crippen LogP contribution in [0.3, 0.4) is 0 Å². The maximum atomic E-state index is 13.5. The van der Waals surface area contributed by atoms with Crippen molar-refractivity contribution in [3.8, 4) is 11.3 Å². The van der Waals surface area contributed by atoms with Crippen molar-refractivity contribution in [3.63, 3.8) is 0 Å². The monoisotopic (exact) mass is 445 g/mol. The fraction of sp³-hybridized carbons (Fsp3) is 0.280. The van der Waals surface area contributed by atoms with E-state index in [1.807, 2.05) is 56.3 Å². The molecule has 3 heterocycles. The second-order valence-electron chi connectivity index (χ2n) is 7.77. The van der Waals surface area contributed by atoms with Gasteiger partial charge in [-0.1, -0.05) is 30.3 Å². The van der Waals surface area contributed by atoms with E-state index in [-0.39, 0.29) is 18.4 Å². The Morgan fingerprint density at radius 1 is 1.06 bits per heavy atom. The predicted molar refractivity (Wildman–Crippen MR) is 126 cm³/mol. The van der Waals surface area contributed by atoms with Gasteiger partial charge < -0.3 is 14.2 Å². The molecule has 2 amide bonds. The van der Waals surface area contributed by atoms with Gasteiger partial charge in [-0.15, -0.1) is 0 Å². The van der Waals surface area contributed by atoms with Gasteiger partial charge >= 0.3 is 0 Å². The van der Waals surface area contributed by atoms with E-state index in [9.17, 15) is 9.59 Å². The molecule has 4 aromatic rings. The Morgan fingerprint density at radius 2 is 1.82 bits per heavy atom. The molecule has 0 atom stereocenters. The van der Waals surface area contributed by atoms with Gasteiger partial charge in [-0.2, -0.15) is 5.10 Å². The molecule has 4 rings (SSSR count). The Labute approximate surface area is 192 Å². The van der Waals surface area contributed by atoms with Crippen LogP contribution in [0, 0.1) is 0 Å². The zero-order valence-electron chi connectivity index (χ0n) is 19.1. The van der Waals surface area contributed by atoms with Crippen LogP contribution in [0.25, 0.3) is 22.3 Å². The molecule has 0 aliphatic heterocycles. The molecule has 0 bridgehead atoms. The van der Waals surface area contributed by atoms with Crippen LogP contribution in [-0.2, 0) is 11.3 Å². The minimum atomic E-state index is -0.252. The topological polar surface area (TPSA) is 84.5 Å². The van der Waals surface area contributed by atoms with Crippen molar-refractivity contribution >= 4 is 22.8 Å². The van der Waals surface area contributed by atoms with Gasteiger partial charge in [-0.25, -0.2) is 9.67 Å². The Balaban J connectivity index is 1.75. The first kappa shape index (κ1) is 22.3. The summed E-state index contributed by atoms with van der Waals surface area (Å²) < 4.78 is 7.19. The van der Waals surface area contributed by atoms with Crippen molar-refractivity contribution in [2.24, 2.45) is 0 Å². The first-order valence-electron chi connectivity index (χ1n) is 11.0. The van der Waals surface area contributed by atoms with Crippen LogP contribution >= 0.6 is 0 Å². The van der Waals surface area contributed by atoms with E-state index in [4.69, 9.17) is 9.40 Å². The average Bonchev–Trinajstić information content (AvgIpc) is 3.50. The molecule has 0 spiro atoms. The molecule has 170 valence electrons. The summed E-state index contributed by atoms with van der Waals surface area (Å²) in [6.07, 6.45) is 3.26. The number of furan rings is 1. The highest BCUT2D eigenvalue weighted by Crippen LogP contribution is 2.26. The fourth-order valence-corrected chi connectivity index (χ4v) is 3.80. The van der Waals surface area contributed by atoms with Crippen molar-refractivity contribution < 1.29 is 14.0 Å². The van der Waals surface area contributed by atoms with Gasteiger partial charge in [0.25, 0.3) is 5.91 Å². The number of likely N-dealkylation sites (N-methyl/N-ethyl adjacent to an activating group) is 2. The number of amides is 2. The summed E-state index contributed by atoms with van der Waals surface area (Å²) in [6.45, 7) is 5.46. The molecule has 0 aliphatic carbocycles. The number of rotatable bonds is 8. The van der Waals surface area contributed by atoms with E-state index in [2.05, 4.69) is 5.10 Å². The summed E-state index contributed by atoms with van der Waals surface area (Å²) in [7, 11) is 1.64. The lowest BCUT2D eigenvalue weighted by atomic mass is 10.1. The third kappa shape index (κ3) is 4.64. The number of nitrogens with zero attached hydrogens (tertiary/aromatic N) is 5. The number of hydrogen-bond donors (Lipinski definition) is 0. The molecule has 0 unspecified atom stereocenters. The van der Waals surface area contributed by atoms with Crippen LogP contribution in [0.5, 0.6) is 0 Å². The Morgan fingerprint density at radius 3 is 2.48 bits per heavy atom. The van der Waals surface area contributed by atoms with E-state index >= 15 is 0 Å². The Bertz CT molecular complexity index is 1240. The average molecular weight is 446 g/mol. The molecule has 0 fully saturated rings. The SMILES string of the molecule is CCN(CC)C(=O)CN(C)C(=O)c1cc(-c2ccccc2)nc2c1cnn2Cc1ccco1. The van der Waals surface area contributed by atoms with Crippen molar-refractivity contribution in [2.75, 3.05) is 26.7 Å². The van der Waals surface area contributed by atoms with E-state index < -0.39 is 0 Å². The highest BCUT2D eigenvalue weighted by molar-refractivity contribution is 6.07. The molecule has 8 nitrogen and oxygen atoms in total. The van der Waals surface area contributed by atoms with Crippen molar-refractivity contribution in [1.29, 1.82) is 0 Å². The maximum absolute atomic E-state index is 13.5. The Hall–Kier alpha value is -3.94. The standard InChI is InChI=1S/C25H27N5O3/c1-4-29(5-2)23(31)17-28(3)25(32)20-14-22(18-10-7-6-8-11-18)27-24-21(20)15-26-30(24)16-19-12-9-13-33-19/h6-15H,4-5,16-17H2,1-3H3. The van der Waals surface area contributed by atoms with Gasteiger partial charge in [0, 0.05) is 25.7 Å². The first-order chi connectivity index (χ1) is 16.0. The fourth-order valence-electron chi connectivity index (χ4n) is 3.80. The molecule has 0 saturated heterocycles. The van der Waals surface area contributed by atoms with Gasteiger partial charge in [0.1, 0.15) is 12.3 Å². The predicted octanol–water partition coefficient (Wildman–Crippen LogP) is 3.68. The van der Waals surface area contributed by atoms with Crippen molar-refractivity contribution in [3.05, 3.63) is 72.3 Å². The zero-order chi connectivity index (χ0) is 23.4. The van der Waals surface area contributed by atoms with Crippen molar-refractivity contribution in [1.82, 2.24) is 24.6 Å². The highest BCUT2D eigenvalue weighted by Gasteiger charge is 2.23. The van der Waals surface area contributed by atoms with Crippen LogP contribution in [-0.4, -0.2) is 63.1 Å². The normalized spacial score (nSPS) is 11.0. The van der Waals surface area contributed by atoms with Gasteiger partial charge in [0.15, 0.2) is 5.65 Å². The third-order valence-corrected chi connectivity index (χ3v) is 5.63. The van der Waals surface area contributed by atoms with Crippen LogP contribution < -0.4 is 0 Å². The second-order valence-corrected chi connectivity index (χ2v) is 7.77. The van der Waals surface area contributed by atoms with Crippen LogP contribution in [0.4, 0.5) is 0 Å². The number of carbonyl (C=O) groups is 2. The van der Waals surface area contributed by atoms with Gasteiger partial charge in [0.2, 0.25) is 5.91 Å². The van der Waals surface area contributed by atoms with E-state index in [0.717, 1.165) is 11.3 Å². The van der Waals surface area contributed by atoms with E-state index in [1.165, 1.54) is 4.90 Å². The Kier molecular flexibility index (Phi) is 6.53. The van der Waals surface area contributed by atoms with Crippen LogP contribution in [0.2, 0.25) is 0 Å². The number of fused-ring (bicyclic) bond motifs is 1. The smallest absolute Gasteiger partial charge is 0.254 e. The summed E-state index contributed by atoms with van der Waals surface area (Å²) in [5.41, 5.74) is 2.59. The number of benzene rings is 1. The van der Waals surface area contributed by atoms with Crippen molar-refractivity contribution in [2.45, 2.75) is 20.4 Å². The van der Waals surface area contributed by atoms with Gasteiger partial charge in [-0.05, 0) is 32.0 Å². The molecule has 0 aliphatic rings. The first-order valence-corrected chi connectivity index (χ1v) is 11.0. The summed E-state index contributed by atoms with van der Waals surface area (Å²) in [5.74, 6) is 0.400. The molecular weight excluding hydrogens is 418 g/mol. The molecule has 8 heteroatoms. The molecule has 3 aromatic heterocycles. The molecule has 0 N–H and O–H groups in total. The highest BCUT2D eigenvalue weighted by atomic mass is 16.3. The summed E-state index contributed by atoms with van der Waals surface area (Å²) in [4.78, 5) is 34.0. The van der Waals surface area contributed by atoms with Gasteiger partial charge in [-0.3, -0.25) is 9.59 Å². The molecular formula is C25H27N5O3. The lowest BCUT2D eigenvalue weighted by molar-refractivity contribution is -0.131. The number of pyridine rings is 1. The zero-order valence-corrected chi connectivity index (χ0v) is 19.1. The summed E-state index contributed by atoms with van der Waals surface area (Å²) in [5, 5.41) is 5.10. The number of carbonyl (C=O) groups excluding carboxylic acids is 2. The molecule has 0 saturated carbocycles. The number of aromatic nitrogens is 3. The maximum Gasteiger partial charge on any atom is 0.254 e.